The van der Waals surface area contributed by atoms with E-state index in [0.29, 0.717) is 6.42 Å². The molecule has 0 fully saturated rings. The minimum atomic E-state index is -0.836. The molecule has 0 aromatic heterocycles. The summed E-state index contributed by atoms with van der Waals surface area (Å²) in [4.78, 5) is 8.74. The fourth-order valence-corrected chi connectivity index (χ4v) is 4.92. The van der Waals surface area contributed by atoms with Gasteiger partial charge in [0.2, 0.25) is 5.72 Å². The lowest BCUT2D eigenvalue weighted by molar-refractivity contribution is -0.0309. The molecule has 0 aliphatic carbocycles. The van der Waals surface area contributed by atoms with Crippen molar-refractivity contribution < 1.29 is 9.57 Å². The SMILES string of the molecule is COc1ccc([C@]23C[C@@H](c4ccccc4)Nc4ccccc4N2C(c2ccccc2)=NO3)cc1. The van der Waals surface area contributed by atoms with Crippen LogP contribution in [0.4, 0.5) is 11.4 Å². The van der Waals surface area contributed by atoms with Gasteiger partial charge in [-0.2, -0.15) is 0 Å². The Morgan fingerprint density at radius 2 is 1.53 bits per heavy atom. The Hall–Kier alpha value is -4.25. The minimum absolute atomic E-state index is 0.0137. The molecule has 0 unspecified atom stereocenters. The molecule has 2 heterocycles. The van der Waals surface area contributed by atoms with Crippen LogP contribution in [0.5, 0.6) is 5.75 Å². The molecule has 4 aromatic rings. The third kappa shape index (κ3) is 3.28. The first-order chi connectivity index (χ1) is 16.8. The third-order valence-electron chi connectivity index (χ3n) is 6.59. The molecule has 6 rings (SSSR count). The molecule has 0 saturated carbocycles. The molecule has 0 radical (unpaired) electrons. The van der Waals surface area contributed by atoms with Crippen molar-refractivity contribution in [2.45, 2.75) is 18.2 Å². The van der Waals surface area contributed by atoms with Crippen LogP contribution in [0.15, 0.2) is 114 Å². The van der Waals surface area contributed by atoms with Gasteiger partial charge in [-0.1, -0.05) is 78.0 Å². The molecule has 168 valence electrons. The molecule has 5 nitrogen and oxygen atoms in total. The van der Waals surface area contributed by atoms with Crippen LogP contribution < -0.4 is 15.0 Å². The fraction of sp³-hybridized carbons (Fsp3) is 0.138. The maximum absolute atomic E-state index is 6.49. The highest BCUT2D eigenvalue weighted by molar-refractivity contribution is 6.13. The number of hydrogen-bond donors (Lipinski definition) is 1. The number of nitrogens with zero attached hydrogens (tertiary/aromatic N) is 2. The lowest BCUT2D eigenvalue weighted by atomic mass is 9.90. The smallest absolute Gasteiger partial charge is 0.243 e. The van der Waals surface area contributed by atoms with Crippen LogP contribution in [-0.2, 0) is 10.6 Å². The summed E-state index contributed by atoms with van der Waals surface area (Å²) in [6.45, 7) is 0. The number of anilines is 2. The Balaban J connectivity index is 1.57. The standard InChI is InChI=1S/C29H25N3O2/c1-33-24-18-16-23(17-19-24)29-20-26(21-10-4-2-5-11-21)30-25-14-8-9-15-27(25)32(29)28(31-34-29)22-12-6-3-7-13-22/h2-19,26,30H,20H2,1H3/t26-,29+/m0/s1. The largest absolute Gasteiger partial charge is 0.497 e. The van der Waals surface area contributed by atoms with Crippen LogP contribution in [0.1, 0.15) is 29.2 Å². The summed E-state index contributed by atoms with van der Waals surface area (Å²) >= 11 is 0. The summed E-state index contributed by atoms with van der Waals surface area (Å²) in [5.41, 5.74) is 4.45. The van der Waals surface area contributed by atoms with Gasteiger partial charge in [-0.3, -0.25) is 4.90 Å². The highest BCUT2D eigenvalue weighted by Gasteiger charge is 2.52. The van der Waals surface area contributed by atoms with E-state index in [2.05, 4.69) is 83.0 Å². The van der Waals surface area contributed by atoms with Gasteiger partial charge in [0.05, 0.1) is 24.5 Å². The number of para-hydroxylation sites is 2. The topological polar surface area (TPSA) is 46.1 Å². The second-order valence-electron chi connectivity index (χ2n) is 8.55. The fourth-order valence-electron chi connectivity index (χ4n) is 4.92. The van der Waals surface area contributed by atoms with Crippen LogP contribution >= 0.6 is 0 Å². The Morgan fingerprint density at radius 3 is 2.26 bits per heavy atom. The van der Waals surface area contributed by atoms with Gasteiger partial charge in [0.1, 0.15) is 5.75 Å². The Kier molecular flexibility index (Phi) is 4.95. The zero-order chi connectivity index (χ0) is 23.0. The molecule has 0 amide bonds. The van der Waals surface area contributed by atoms with Gasteiger partial charge in [-0.15, -0.1) is 0 Å². The van der Waals surface area contributed by atoms with Crippen molar-refractivity contribution >= 4 is 17.2 Å². The molecule has 1 N–H and O–H groups in total. The molecular weight excluding hydrogens is 422 g/mol. The molecule has 2 atom stereocenters. The monoisotopic (exact) mass is 447 g/mol. The van der Waals surface area contributed by atoms with Crippen LogP contribution in [0.3, 0.4) is 0 Å². The first-order valence-electron chi connectivity index (χ1n) is 11.5. The van der Waals surface area contributed by atoms with Gasteiger partial charge < -0.3 is 14.9 Å². The number of rotatable bonds is 4. The normalized spacial score (nSPS) is 20.8. The molecule has 0 saturated heterocycles. The lowest BCUT2D eigenvalue weighted by Gasteiger charge is -2.37. The van der Waals surface area contributed by atoms with Crippen LogP contribution in [0, 0.1) is 0 Å². The first kappa shape index (κ1) is 20.4. The number of hydrogen-bond acceptors (Lipinski definition) is 5. The predicted molar refractivity (Wildman–Crippen MR) is 135 cm³/mol. The maximum Gasteiger partial charge on any atom is 0.243 e. The van der Waals surface area contributed by atoms with Gasteiger partial charge in [0.15, 0.2) is 5.84 Å². The molecule has 34 heavy (non-hydrogen) atoms. The van der Waals surface area contributed by atoms with Crippen molar-refractivity contribution in [2.24, 2.45) is 5.16 Å². The Labute approximate surface area is 199 Å². The number of fused-ring (bicyclic) bond motifs is 3. The van der Waals surface area contributed by atoms with Crippen molar-refractivity contribution in [1.29, 1.82) is 0 Å². The Morgan fingerprint density at radius 1 is 0.853 bits per heavy atom. The average molecular weight is 448 g/mol. The maximum atomic E-state index is 6.49. The highest BCUT2D eigenvalue weighted by atomic mass is 16.7. The number of ether oxygens (including phenoxy) is 1. The molecule has 0 bridgehead atoms. The van der Waals surface area contributed by atoms with Crippen LogP contribution in [-0.4, -0.2) is 12.9 Å². The van der Waals surface area contributed by atoms with Gasteiger partial charge in [0, 0.05) is 17.5 Å². The zero-order valence-corrected chi connectivity index (χ0v) is 18.9. The number of benzene rings is 4. The summed E-state index contributed by atoms with van der Waals surface area (Å²) in [5, 5.41) is 8.49. The second kappa shape index (κ2) is 8.27. The summed E-state index contributed by atoms with van der Waals surface area (Å²) in [6, 6.07) is 37.2. The minimum Gasteiger partial charge on any atom is -0.497 e. The van der Waals surface area contributed by atoms with E-state index < -0.39 is 5.72 Å². The number of nitrogens with one attached hydrogen (secondary N) is 1. The average Bonchev–Trinajstić information content (AvgIpc) is 3.22. The van der Waals surface area contributed by atoms with E-state index in [1.807, 2.05) is 36.4 Å². The van der Waals surface area contributed by atoms with Crippen LogP contribution in [0.25, 0.3) is 0 Å². The van der Waals surface area contributed by atoms with Gasteiger partial charge in [-0.25, -0.2) is 0 Å². The summed E-state index contributed by atoms with van der Waals surface area (Å²) in [5.74, 6) is 1.60. The molecule has 2 aliphatic heterocycles. The van der Waals surface area contributed by atoms with Gasteiger partial charge in [-0.05, 0) is 42.0 Å². The van der Waals surface area contributed by atoms with E-state index in [0.717, 1.165) is 34.1 Å². The summed E-state index contributed by atoms with van der Waals surface area (Å²) in [7, 11) is 1.68. The zero-order valence-electron chi connectivity index (χ0n) is 18.9. The van der Waals surface area contributed by atoms with Gasteiger partial charge >= 0.3 is 0 Å². The van der Waals surface area contributed by atoms with E-state index in [1.54, 1.807) is 7.11 Å². The van der Waals surface area contributed by atoms with E-state index in [9.17, 15) is 0 Å². The van der Waals surface area contributed by atoms with Crippen molar-refractivity contribution in [3.8, 4) is 5.75 Å². The predicted octanol–water partition coefficient (Wildman–Crippen LogP) is 6.30. The molecular formula is C29H25N3O2. The quantitative estimate of drug-likeness (QED) is 0.399. The Bertz CT molecular complexity index is 1320. The summed E-state index contributed by atoms with van der Waals surface area (Å²) in [6.07, 6.45) is 0.651. The third-order valence-corrected chi connectivity index (χ3v) is 6.59. The van der Waals surface area contributed by atoms with E-state index >= 15 is 0 Å². The van der Waals surface area contributed by atoms with Crippen molar-refractivity contribution in [3.63, 3.8) is 0 Å². The molecule has 4 aromatic carbocycles. The lowest BCUT2D eigenvalue weighted by Crippen LogP contribution is -2.47. The molecule has 2 aliphatic rings. The molecule has 5 heteroatoms. The van der Waals surface area contributed by atoms with E-state index in [-0.39, 0.29) is 6.04 Å². The summed E-state index contributed by atoms with van der Waals surface area (Å²) < 4.78 is 5.43. The molecule has 0 spiro atoms. The second-order valence-corrected chi connectivity index (χ2v) is 8.55. The van der Waals surface area contributed by atoms with E-state index in [1.165, 1.54) is 5.56 Å². The first-order valence-corrected chi connectivity index (χ1v) is 11.5. The van der Waals surface area contributed by atoms with Crippen molar-refractivity contribution in [1.82, 2.24) is 0 Å². The van der Waals surface area contributed by atoms with Gasteiger partial charge in [0.25, 0.3) is 0 Å². The van der Waals surface area contributed by atoms with E-state index in [4.69, 9.17) is 14.7 Å². The highest BCUT2D eigenvalue weighted by Crippen LogP contribution is 2.51. The number of methoxy groups -OCH3 is 1. The van der Waals surface area contributed by atoms with Crippen LogP contribution in [0.2, 0.25) is 0 Å². The number of amidine groups is 1. The van der Waals surface area contributed by atoms with Crippen molar-refractivity contribution in [2.75, 3.05) is 17.3 Å². The van der Waals surface area contributed by atoms with Crippen molar-refractivity contribution in [3.05, 3.63) is 126 Å². The number of oxime groups is 1.